The van der Waals surface area contributed by atoms with Crippen molar-refractivity contribution < 1.29 is 24.2 Å². The van der Waals surface area contributed by atoms with Crippen molar-refractivity contribution in [1.29, 1.82) is 0 Å². The second kappa shape index (κ2) is 13.8. The number of carbonyl (C=O) groups is 2. The van der Waals surface area contributed by atoms with Gasteiger partial charge in [0, 0.05) is 38.1 Å². The Labute approximate surface area is 204 Å². The molecule has 0 bridgehead atoms. The zero-order chi connectivity index (χ0) is 25.1. The van der Waals surface area contributed by atoms with E-state index in [2.05, 4.69) is 25.8 Å². The predicted octanol–water partition coefficient (Wildman–Crippen LogP) is 6.19. The molecule has 0 fully saturated rings. The minimum Gasteiger partial charge on any atom is -0.504 e. The maximum absolute atomic E-state index is 13.3. The molecule has 0 aliphatic rings. The second-order valence-electron chi connectivity index (χ2n) is 9.68. The maximum Gasteiger partial charge on any atom is 0.302 e. The molecule has 2 aromatic rings. The summed E-state index contributed by atoms with van der Waals surface area (Å²) in [5.74, 6) is 0.698. The van der Waals surface area contributed by atoms with Crippen molar-refractivity contribution in [2.75, 3.05) is 7.11 Å². The molecule has 0 saturated carbocycles. The number of rotatable bonds is 15. The van der Waals surface area contributed by atoms with Crippen LogP contribution in [0.15, 0.2) is 36.7 Å². The van der Waals surface area contributed by atoms with E-state index < -0.39 is 6.10 Å². The van der Waals surface area contributed by atoms with Gasteiger partial charge in [0.05, 0.1) is 7.11 Å². The highest BCUT2D eigenvalue weighted by atomic mass is 16.5. The van der Waals surface area contributed by atoms with Crippen molar-refractivity contribution in [3.63, 3.8) is 0 Å². The lowest BCUT2D eigenvalue weighted by Crippen LogP contribution is -2.31. The summed E-state index contributed by atoms with van der Waals surface area (Å²) < 4.78 is 11.0. The van der Waals surface area contributed by atoms with Crippen LogP contribution in [0.3, 0.4) is 0 Å². The van der Waals surface area contributed by atoms with Crippen LogP contribution >= 0.6 is 0 Å². The summed E-state index contributed by atoms with van der Waals surface area (Å²) in [6, 6.07) is 7.32. The van der Waals surface area contributed by atoms with Crippen LogP contribution in [0.5, 0.6) is 11.5 Å². The molecule has 0 spiro atoms. The molecule has 1 aromatic carbocycles. The zero-order valence-corrected chi connectivity index (χ0v) is 21.3. The number of aromatic hydroxyl groups is 1. The number of benzene rings is 1. The van der Waals surface area contributed by atoms with Gasteiger partial charge in [0.2, 0.25) is 0 Å². The van der Waals surface area contributed by atoms with E-state index in [0.717, 1.165) is 43.2 Å². The summed E-state index contributed by atoms with van der Waals surface area (Å²) >= 11 is 0. The van der Waals surface area contributed by atoms with E-state index in [4.69, 9.17) is 9.47 Å². The normalized spacial score (nSPS) is 13.9. The smallest absolute Gasteiger partial charge is 0.302 e. The molecule has 1 aromatic heterocycles. The Morgan fingerprint density at radius 2 is 1.91 bits per heavy atom. The summed E-state index contributed by atoms with van der Waals surface area (Å²) in [4.78, 5) is 28.3. The molecule has 0 radical (unpaired) electrons. The Balaban J connectivity index is 2.21. The van der Waals surface area contributed by atoms with Crippen molar-refractivity contribution in [3.05, 3.63) is 47.8 Å². The Morgan fingerprint density at radius 1 is 1.15 bits per heavy atom. The summed E-state index contributed by atoms with van der Waals surface area (Å²) in [6.07, 6.45) is 8.53. The number of aromatic nitrogens is 1. The van der Waals surface area contributed by atoms with E-state index in [1.165, 1.54) is 14.0 Å². The third-order valence-electron chi connectivity index (χ3n) is 6.27. The third kappa shape index (κ3) is 8.88. The highest BCUT2D eigenvalue weighted by Crippen LogP contribution is 2.35. The number of unbranched alkanes of at least 4 members (excludes halogenated alkanes) is 1. The van der Waals surface area contributed by atoms with E-state index in [1.807, 2.05) is 30.6 Å². The van der Waals surface area contributed by atoms with Crippen molar-refractivity contribution in [3.8, 4) is 11.5 Å². The van der Waals surface area contributed by atoms with Gasteiger partial charge in [-0.15, -0.1) is 0 Å². The van der Waals surface area contributed by atoms with Crippen LogP contribution in [0.1, 0.15) is 83.3 Å². The molecule has 0 aliphatic carbocycles. The summed E-state index contributed by atoms with van der Waals surface area (Å²) in [5.41, 5.74) is 2.12. The molecular formula is C28H41NO5. The van der Waals surface area contributed by atoms with Gasteiger partial charge in [-0.1, -0.05) is 39.7 Å². The van der Waals surface area contributed by atoms with Gasteiger partial charge in [0.1, 0.15) is 11.9 Å². The van der Waals surface area contributed by atoms with Gasteiger partial charge in [0.15, 0.2) is 11.5 Å². The fraction of sp³-hybridized carbons (Fsp3) is 0.571. The van der Waals surface area contributed by atoms with Crippen molar-refractivity contribution >= 4 is 11.8 Å². The van der Waals surface area contributed by atoms with Gasteiger partial charge < -0.3 is 19.6 Å². The van der Waals surface area contributed by atoms with Crippen LogP contribution in [-0.4, -0.2) is 35.1 Å². The highest BCUT2D eigenvalue weighted by molar-refractivity contribution is 5.80. The van der Waals surface area contributed by atoms with Gasteiger partial charge in [0.25, 0.3) is 0 Å². The molecule has 2 rings (SSSR count). The fourth-order valence-electron chi connectivity index (χ4n) is 4.63. The molecule has 188 valence electrons. The van der Waals surface area contributed by atoms with Gasteiger partial charge in [-0.25, -0.2) is 0 Å². The monoisotopic (exact) mass is 471 g/mol. The number of nitrogens with one attached hydrogen (secondary N) is 1. The molecule has 6 heteroatoms. The molecule has 1 heterocycles. The number of ketones is 1. The molecule has 3 atom stereocenters. The highest BCUT2D eigenvalue weighted by Gasteiger charge is 2.29. The lowest BCUT2D eigenvalue weighted by atomic mass is 9.83. The van der Waals surface area contributed by atoms with Crippen LogP contribution in [0.25, 0.3) is 0 Å². The number of esters is 1. The number of H-pyrrole nitrogens is 1. The van der Waals surface area contributed by atoms with Crippen LogP contribution in [-0.2, 0) is 20.7 Å². The number of Topliss-reactive ketones (excluding diaryl/α,β-unsaturated/α-hetero) is 1. The first kappa shape index (κ1) is 27.5. The van der Waals surface area contributed by atoms with Crippen LogP contribution in [0, 0.1) is 11.8 Å². The van der Waals surface area contributed by atoms with Gasteiger partial charge in [-0.3, -0.25) is 9.59 Å². The Bertz CT molecular complexity index is 890. The molecular weight excluding hydrogens is 430 g/mol. The van der Waals surface area contributed by atoms with E-state index in [0.29, 0.717) is 18.1 Å². The molecule has 0 aliphatic heterocycles. The number of phenolic OH excluding ortho intramolecular Hbond substituents is 1. The Morgan fingerprint density at radius 3 is 2.50 bits per heavy atom. The van der Waals surface area contributed by atoms with Crippen molar-refractivity contribution in [2.45, 2.75) is 84.7 Å². The summed E-state index contributed by atoms with van der Waals surface area (Å²) in [6.45, 7) is 7.82. The van der Waals surface area contributed by atoms with E-state index in [1.54, 1.807) is 6.07 Å². The Hall–Kier alpha value is -2.76. The molecule has 6 nitrogen and oxygen atoms in total. The molecule has 0 saturated heterocycles. The first-order valence-corrected chi connectivity index (χ1v) is 12.4. The van der Waals surface area contributed by atoms with Crippen LogP contribution in [0.2, 0.25) is 0 Å². The summed E-state index contributed by atoms with van der Waals surface area (Å²) in [5, 5.41) is 9.98. The largest absolute Gasteiger partial charge is 0.504 e. The minimum absolute atomic E-state index is 0.00116. The molecule has 3 unspecified atom stereocenters. The van der Waals surface area contributed by atoms with Crippen LogP contribution in [0.4, 0.5) is 0 Å². The molecule has 0 amide bonds. The first-order valence-electron chi connectivity index (χ1n) is 12.4. The fourth-order valence-corrected chi connectivity index (χ4v) is 4.63. The third-order valence-corrected chi connectivity index (χ3v) is 6.27. The first-order chi connectivity index (χ1) is 16.2. The SMILES string of the molecule is CCCCC(Cc1cc[nH]c1)C(CC(=O)CC(CC(C)C)c1ccc(O)c(OC)c1)OC(C)=O. The average Bonchev–Trinajstić information content (AvgIpc) is 3.28. The lowest BCUT2D eigenvalue weighted by Gasteiger charge is -2.27. The van der Waals surface area contributed by atoms with Gasteiger partial charge in [-0.05, 0) is 60.4 Å². The van der Waals surface area contributed by atoms with E-state index in [9.17, 15) is 14.7 Å². The number of carbonyl (C=O) groups excluding carboxylic acids is 2. The quantitative estimate of drug-likeness (QED) is 0.302. The predicted molar refractivity (Wildman–Crippen MR) is 134 cm³/mol. The van der Waals surface area contributed by atoms with E-state index >= 15 is 0 Å². The minimum atomic E-state index is -0.444. The molecule has 34 heavy (non-hydrogen) atoms. The number of hydrogen-bond acceptors (Lipinski definition) is 5. The van der Waals surface area contributed by atoms with E-state index in [-0.39, 0.29) is 35.8 Å². The lowest BCUT2D eigenvalue weighted by molar-refractivity contribution is -0.150. The van der Waals surface area contributed by atoms with Crippen molar-refractivity contribution in [2.24, 2.45) is 11.8 Å². The van der Waals surface area contributed by atoms with Crippen molar-refractivity contribution in [1.82, 2.24) is 4.98 Å². The number of phenols is 1. The standard InChI is InChI=1S/C28H41NO5/c1-6-7-8-23(14-21-11-12-29-18-21)27(34-20(4)30)17-25(31)15-24(13-19(2)3)22-9-10-26(32)28(16-22)33-5/h9-12,16,18-19,23-24,27,29,32H,6-8,13-15,17H2,1-5H3. The average molecular weight is 472 g/mol. The van der Waals surface area contributed by atoms with Crippen LogP contribution < -0.4 is 4.74 Å². The number of aromatic amines is 1. The molecule has 2 N–H and O–H groups in total. The second-order valence-corrected chi connectivity index (χ2v) is 9.68. The van der Waals surface area contributed by atoms with Gasteiger partial charge in [-0.2, -0.15) is 0 Å². The topological polar surface area (TPSA) is 88.6 Å². The Kier molecular flexibility index (Phi) is 11.2. The van der Waals surface area contributed by atoms with Gasteiger partial charge >= 0.3 is 5.97 Å². The number of methoxy groups -OCH3 is 1. The summed E-state index contributed by atoms with van der Waals surface area (Å²) in [7, 11) is 1.52. The zero-order valence-electron chi connectivity index (χ0n) is 21.3. The number of hydrogen-bond donors (Lipinski definition) is 2. The number of ether oxygens (including phenoxy) is 2. The maximum atomic E-state index is 13.3.